The van der Waals surface area contributed by atoms with E-state index in [1.807, 2.05) is 0 Å². The average Bonchev–Trinajstić information content (AvgIpc) is 3.03. The van der Waals surface area contributed by atoms with Gasteiger partial charge in [-0.05, 0) is 36.8 Å². The van der Waals surface area contributed by atoms with Crippen molar-refractivity contribution in [3.63, 3.8) is 0 Å². The maximum absolute atomic E-state index is 12.3. The minimum absolute atomic E-state index is 0.101. The molecule has 0 radical (unpaired) electrons. The summed E-state index contributed by atoms with van der Waals surface area (Å²) in [5.74, 6) is 1.82. The van der Waals surface area contributed by atoms with E-state index < -0.39 is 0 Å². The number of hydrogen-bond acceptors (Lipinski definition) is 3. The second-order valence-electron chi connectivity index (χ2n) is 5.33. The Balaban J connectivity index is 1.71. The Labute approximate surface area is 112 Å². The van der Waals surface area contributed by atoms with Crippen molar-refractivity contribution in [2.45, 2.75) is 12.8 Å². The van der Waals surface area contributed by atoms with Gasteiger partial charge in [0.15, 0.2) is 0 Å². The SMILES string of the molecule is COc1cc(NC(=O)C2CC3C=CC2C3)ccc1N. The van der Waals surface area contributed by atoms with Crippen LogP contribution in [0.3, 0.4) is 0 Å². The van der Waals surface area contributed by atoms with E-state index in [2.05, 4.69) is 17.5 Å². The van der Waals surface area contributed by atoms with Crippen LogP contribution in [0.15, 0.2) is 30.4 Å². The van der Waals surface area contributed by atoms with E-state index in [0.717, 1.165) is 18.5 Å². The van der Waals surface area contributed by atoms with Crippen LogP contribution in [-0.2, 0) is 4.79 Å². The molecule has 1 amide bonds. The molecule has 2 bridgehead atoms. The third-order valence-corrected chi connectivity index (χ3v) is 4.12. The van der Waals surface area contributed by atoms with Crippen LogP contribution in [0.5, 0.6) is 5.75 Å². The number of nitrogens with one attached hydrogen (secondary N) is 1. The summed E-state index contributed by atoms with van der Waals surface area (Å²) >= 11 is 0. The zero-order valence-corrected chi connectivity index (χ0v) is 10.9. The molecule has 3 atom stereocenters. The van der Waals surface area contributed by atoms with Gasteiger partial charge in [-0.1, -0.05) is 12.2 Å². The average molecular weight is 258 g/mol. The van der Waals surface area contributed by atoms with E-state index in [1.165, 1.54) is 0 Å². The molecule has 3 unspecified atom stereocenters. The Hall–Kier alpha value is -1.97. The number of methoxy groups -OCH3 is 1. The van der Waals surface area contributed by atoms with Gasteiger partial charge in [0.25, 0.3) is 0 Å². The van der Waals surface area contributed by atoms with Gasteiger partial charge in [0, 0.05) is 17.7 Å². The largest absolute Gasteiger partial charge is 0.495 e. The quantitative estimate of drug-likeness (QED) is 0.646. The summed E-state index contributed by atoms with van der Waals surface area (Å²) in [6.45, 7) is 0. The van der Waals surface area contributed by atoms with Crippen LogP contribution in [0, 0.1) is 17.8 Å². The number of nitrogen functional groups attached to an aromatic ring is 1. The maximum Gasteiger partial charge on any atom is 0.228 e. The monoisotopic (exact) mass is 258 g/mol. The fourth-order valence-corrected chi connectivity index (χ4v) is 3.11. The van der Waals surface area contributed by atoms with Gasteiger partial charge in [-0.3, -0.25) is 4.79 Å². The summed E-state index contributed by atoms with van der Waals surface area (Å²) in [5.41, 5.74) is 7.07. The standard InChI is InChI=1S/C15H18N2O2/c1-19-14-8-11(4-5-13(14)16)17-15(18)12-7-9-2-3-10(12)6-9/h2-5,8-10,12H,6-7,16H2,1H3,(H,17,18). The second-order valence-corrected chi connectivity index (χ2v) is 5.33. The molecule has 0 saturated heterocycles. The first-order valence-corrected chi connectivity index (χ1v) is 6.60. The molecule has 4 heteroatoms. The minimum Gasteiger partial charge on any atom is -0.495 e. The summed E-state index contributed by atoms with van der Waals surface area (Å²) in [5, 5.41) is 2.96. The van der Waals surface area contributed by atoms with Gasteiger partial charge in [0.1, 0.15) is 5.75 Å². The van der Waals surface area contributed by atoms with Crippen LogP contribution in [0.1, 0.15) is 12.8 Å². The first-order chi connectivity index (χ1) is 9.17. The van der Waals surface area contributed by atoms with E-state index in [4.69, 9.17) is 10.5 Å². The molecular formula is C15H18N2O2. The first kappa shape index (κ1) is 12.1. The first-order valence-electron chi connectivity index (χ1n) is 6.60. The van der Waals surface area contributed by atoms with Crippen LogP contribution in [0.4, 0.5) is 11.4 Å². The van der Waals surface area contributed by atoms with Gasteiger partial charge in [-0.25, -0.2) is 0 Å². The highest BCUT2D eigenvalue weighted by atomic mass is 16.5. The van der Waals surface area contributed by atoms with Crippen molar-refractivity contribution in [2.75, 3.05) is 18.2 Å². The van der Waals surface area contributed by atoms with E-state index >= 15 is 0 Å². The van der Waals surface area contributed by atoms with Crippen LogP contribution in [-0.4, -0.2) is 13.0 Å². The van der Waals surface area contributed by atoms with Crippen molar-refractivity contribution in [2.24, 2.45) is 17.8 Å². The van der Waals surface area contributed by atoms with Gasteiger partial charge in [-0.15, -0.1) is 0 Å². The number of rotatable bonds is 3. The molecule has 1 fully saturated rings. The summed E-state index contributed by atoms with van der Waals surface area (Å²) in [4.78, 5) is 12.3. The van der Waals surface area contributed by atoms with Crippen molar-refractivity contribution in [3.8, 4) is 5.75 Å². The van der Waals surface area contributed by atoms with Crippen LogP contribution in [0.2, 0.25) is 0 Å². The van der Waals surface area contributed by atoms with E-state index in [0.29, 0.717) is 23.3 Å². The number of amides is 1. The molecule has 100 valence electrons. The van der Waals surface area contributed by atoms with Crippen molar-refractivity contribution < 1.29 is 9.53 Å². The molecule has 3 N–H and O–H groups in total. The molecule has 2 aliphatic carbocycles. The molecule has 0 aliphatic heterocycles. The minimum atomic E-state index is 0.101. The summed E-state index contributed by atoms with van der Waals surface area (Å²) in [7, 11) is 1.57. The number of carbonyl (C=O) groups excluding carboxylic acids is 1. The van der Waals surface area contributed by atoms with Crippen molar-refractivity contribution in [1.82, 2.24) is 0 Å². The van der Waals surface area contributed by atoms with Crippen LogP contribution < -0.4 is 15.8 Å². The molecule has 4 nitrogen and oxygen atoms in total. The second kappa shape index (κ2) is 4.61. The lowest BCUT2D eigenvalue weighted by Gasteiger charge is -2.18. The highest BCUT2D eigenvalue weighted by Crippen LogP contribution is 2.43. The van der Waals surface area contributed by atoms with E-state index in [9.17, 15) is 4.79 Å². The van der Waals surface area contributed by atoms with Gasteiger partial charge < -0.3 is 15.8 Å². The maximum atomic E-state index is 12.3. The lowest BCUT2D eigenvalue weighted by Crippen LogP contribution is -2.25. The molecule has 0 heterocycles. The Morgan fingerprint density at radius 1 is 1.37 bits per heavy atom. The lowest BCUT2D eigenvalue weighted by molar-refractivity contribution is -0.120. The molecule has 3 rings (SSSR count). The molecule has 0 spiro atoms. The Kier molecular flexibility index (Phi) is 2.93. The topological polar surface area (TPSA) is 64.3 Å². The zero-order valence-electron chi connectivity index (χ0n) is 10.9. The fourth-order valence-electron chi connectivity index (χ4n) is 3.11. The van der Waals surface area contributed by atoms with Crippen molar-refractivity contribution >= 4 is 17.3 Å². The normalized spacial score (nSPS) is 27.5. The number of nitrogens with two attached hydrogens (primary N) is 1. The zero-order chi connectivity index (χ0) is 13.4. The van der Waals surface area contributed by atoms with Gasteiger partial charge in [0.2, 0.25) is 5.91 Å². The number of anilines is 2. The van der Waals surface area contributed by atoms with Gasteiger partial charge in [-0.2, -0.15) is 0 Å². The van der Waals surface area contributed by atoms with Crippen molar-refractivity contribution in [3.05, 3.63) is 30.4 Å². The van der Waals surface area contributed by atoms with Crippen molar-refractivity contribution in [1.29, 1.82) is 0 Å². The number of ether oxygens (including phenoxy) is 1. The van der Waals surface area contributed by atoms with Gasteiger partial charge >= 0.3 is 0 Å². The molecule has 19 heavy (non-hydrogen) atoms. The Morgan fingerprint density at radius 2 is 2.21 bits per heavy atom. The van der Waals surface area contributed by atoms with Crippen LogP contribution in [0.25, 0.3) is 0 Å². The smallest absolute Gasteiger partial charge is 0.228 e. The summed E-state index contributed by atoms with van der Waals surface area (Å²) in [6, 6.07) is 5.31. The Morgan fingerprint density at radius 3 is 2.84 bits per heavy atom. The van der Waals surface area contributed by atoms with E-state index in [-0.39, 0.29) is 11.8 Å². The number of carbonyl (C=O) groups is 1. The fraction of sp³-hybridized carbons (Fsp3) is 0.400. The third kappa shape index (κ3) is 2.18. The highest BCUT2D eigenvalue weighted by molar-refractivity contribution is 5.93. The number of allylic oxidation sites excluding steroid dienone is 2. The van der Waals surface area contributed by atoms with E-state index in [1.54, 1.807) is 25.3 Å². The van der Waals surface area contributed by atoms with Crippen LogP contribution >= 0.6 is 0 Å². The molecule has 1 aromatic rings. The molecule has 2 aliphatic rings. The number of fused-ring (bicyclic) bond motifs is 2. The Bertz CT molecular complexity index is 539. The summed E-state index contributed by atoms with van der Waals surface area (Å²) in [6.07, 6.45) is 6.52. The predicted molar refractivity (Wildman–Crippen MR) is 74.9 cm³/mol. The lowest BCUT2D eigenvalue weighted by atomic mass is 9.93. The number of hydrogen-bond donors (Lipinski definition) is 2. The van der Waals surface area contributed by atoms with Gasteiger partial charge in [0.05, 0.1) is 12.8 Å². The molecular weight excluding hydrogens is 240 g/mol. The molecule has 0 aromatic heterocycles. The highest BCUT2D eigenvalue weighted by Gasteiger charge is 2.39. The molecule has 1 saturated carbocycles. The molecule has 1 aromatic carbocycles. The summed E-state index contributed by atoms with van der Waals surface area (Å²) < 4.78 is 5.15. The predicted octanol–water partition coefficient (Wildman–Crippen LogP) is 2.43. The number of benzene rings is 1. The third-order valence-electron chi connectivity index (χ3n) is 4.12.